The van der Waals surface area contributed by atoms with Gasteiger partial charge in [-0.15, -0.1) is 11.6 Å². The second kappa shape index (κ2) is 5.56. The summed E-state index contributed by atoms with van der Waals surface area (Å²) in [6, 6.07) is 16.4. The van der Waals surface area contributed by atoms with Crippen molar-refractivity contribution >= 4 is 38.9 Å². The Labute approximate surface area is 115 Å². The average molecular weight is 311 g/mol. The lowest BCUT2D eigenvalue weighted by Crippen LogP contribution is -2.09. The van der Waals surface area contributed by atoms with Crippen LogP contribution in [0.2, 0.25) is 0 Å². The summed E-state index contributed by atoms with van der Waals surface area (Å²) in [5, 5.41) is 0. The predicted molar refractivity (Wildman–Crippen MR) is 78.2 cm³/mol. The third kappa shape index (κ3) is 2.82. The van der Waals surface area contributed by atoms with E-state index in [9.17, 15) is 0 Å². The van der Waals surface area contributed by atoms with Gasteiger partial charge in [0.25, 0.3) is 0 Å². The zero-order valence-corrected chi connectivity index (χ0v) is 11.9. The molecular weight excluding hydrogens is 298 g/mol. The highest BCUT2D eigenvalue weighted by Gasteiger charge is 2.07. The molecule has 88 valence electrons. The molecule has 0 aliphatic heterocycles. The third-order valence-corrected chi connectivity index (χ3v) is 3.62. The molecule has 0 saturated carbocycles. The van der Waals surface area contributed by atoms with E-state index in [1.165, 1.54) is 0 Å². The molecule has 0 fully saturated rings. The van der Waals surface area contributed by atoms with Gasteiger partial charge < -0.3 is 4.90 Å². The first kappa shape index (κ1) is 12.5. The number of alkyl halides is 1. The molecule has 1 nitrogen and oxygen atoms in total. The Bertz CT molecular complexity index is 499. The summed E-state index contributed by atoms with van der Waals surface area (Å²) in [7, 11) is 2.05. The largest absolute Gasteiger partial charge is 0.344 e. The molecule has 0 bridgehead atoms. The molecule has 3 heteroatoms. The number of hydrogen-bond donors (Lipinski definition) is 0. The van der Waals surface area contributed by atoms with Crippen LogP contribution in [0.3, 0.4) is 0 Å². The van der Waals surface area contributed by atoms with Gasteiger partial charge in [0.15, 0.2) is 0 Å². The van der Waals surface area contributed by atoms with E-state index in [1.54, 1.807) is 0 Å². The molecule has 0 heterocycles. The van der Waals surface area contributed by atoms with Gasteiger partial charge in [0.05, 0.1) is 5.69 Å². The number of nitrogens with zero attached hydrogens (tertiary/aromatic N) is 1. The summed E-state index contributed by atoms with van der Waals surface area (Å²) in [5.41, 5.74) is 3.40. The van der Waals surface area contributed by atoms with Crippen molar-refractivity contribution in [2.45, 2.75) is 5.88 Å². The molecule has 0 aliphatic carbocycles. The third-order valence-electron chi connectivity index (χ3n) is 2.67. The fraction of sp³-hybridized carbons (Fsp3) is 0.143. The normalized spacial score (nSPS) is 10.3. The smallest absolute Gasteiger partial charge is 0.0552 e. The summed E-state index contributed by atoms with van der Waals surface area (Å²) in [6.45, 7) is 0. The van der Waals surface area contributed by atoms with E-state index >= 15 is 0 Å². The number of rotatable bonds is 3. The van der Waals surface area contributed by atoms with Gasteiger partial charge in [-0.2, -0.15) is 0 Å². The molecule has 2 aromatic rings. The first-order valence-electron chi connectivity index (χ1n) is 5.35. The van der Waals surface area contributed by atoms with Crippen molar-refractivity contribution in [3.63, 3.8) is 0 Å². The summed E-state index contributed by atoms with van der Waals surface area (Å²) in [6.07, 6.45) is 0. The molecule has 0 atom stereocenters. The second-order valence-corrected chi connectivity index (χ2v) is 4.94. The van der Waals surface area contributed by atoms with Crippen LogP contribution in [-0.2, 0) is 5.88 Å². The monoisotopic (exact) mass is 309 g/mol. The van der Waals surface area contributed by atoms with E-state index in [0.717, 1.165) is 21.4 Å². The zero-order chi connectivity index (χ0) is 12.3. The van der Waals surface area contributed by atoms with Crippen molar-refractivity contribution in [3.05, 3.63) is 58.6 Å². The fourth-order valence-electron chi connectivity index (χ4n) is 1.70. The number of anilines is 2. The van der Waals surface area contributed by atoms with E-state index in [1.807, 2.05) is 24.3 Å². The van der Waals surface area contributed by atoms with Crippen molar-refractivity contribution in [3.8, 4) is 0 Å². The molecule has 2 rings (SSSR count). The standard InChI is InChI=1S/C14H13BrClN/c1-17(12-5-3-2-4-6-12)14-8-7-11(10-16)9-13(14)15/h2-9H,10H2,1H3. The molecule has 0 N–H and O–H groups in total. The Kier molecular flexibility index (Phi) is 4.08. The fourth-order valence-corrected chi connectivity index (χ4v) is 2.55. The van der Waals surface area contributed by atoms with Gasteiger partial charge in [-0.25, -0.2) is 0 Å². The average Bonchev–Trinajstić information content (AvgIpc) is 2.39. The second-order valence-electron chi connectivity index (χ2n) is 3.81. The van der Waals surface area contributed by atoms with Crippen LogP contribution in [0.25, 0.3) is 0 Å². The van der Waals surface area contributed by atoms with Crippen LogP contribution in [-0.4, -0.2) is 7.05 Å². The first-order valence-corrected chi connectivity index (χ1v) is 6.68. The summed E-state index contributed by atoms with van der Waals surface area (Å²) in [5.74, 6) is 0.536. The molecule has 17 heavy (non-hydrogen) atoms. The molecule has 0 unspecified atom stereocenters. The van der Waals surface area contributed by atoms with Crippen LogP contribution in [0.4, 0.5) is 11.4 Å². The summed E-state index contributed by atoms with van der Waals surface area (Å²) >= 11 is 9.40. The van der Waals surface area contributed by atoms with Gasteiger partial charge in [-0.1, -0.05) is 24.3 Å². The van der Waals surface area contributed by atoms with Crippen LogP contribution in [0.5, 0.6) is 0 Å². The minimum Gasteiger partial charge on any atom is -0.344 e. The highest BCUT2D eigenvalue weighted by molar-refractivity contribution is 9.10. The number of halogens is 2. The molecule has 0 spiro atoms. The van der Waals surface area contributed by atoms with Gasteiger partial charge in [0.1, 0.15) is 0 Å². The maximum absolute atomic E-state index is 5.81. The van der Waals surface area contributed by atoms with Crippen molar-refractivity contribution in [2.75, 3.05) is 11.9 Å². The Morgan fingerprint density at radius 2 is 1.82 bits per heavy atom. The maximum Gasteiger partial charge on any atom is 0.0552 e. The van der Waals surface area contributed by atoms with Crippen molar-refractivity contribution in [1.82, 2.24) is 0 Å². The maximum atomic E-state index is 5.81. The van der Waals surface area contributed by atoms with Crippen molar-refractivity contribution in [1.29, 1.82) is 0 Å². The SMILES string of the molecule is CN(c1ccccc1)c1ccc(CCl)cc1Br. The Hall–Kier alpha value is -0.990. The first-order chi connectivity index (χ1) is 8.22. The molecular formula is C14H13BrClN. The predicted octanol–water partition coefficient (Wildman–Crippen LogP) is 4.96. The molecule has 0 radical (unpaired) electrons. The zero-order valence-electron chi connectivity index (χ0n) is 9.53. The Morgan fingerprint density at radius 1 is 1.12 bits per heavy atom. The Morgan fingerprint density at radius 3 is 2.41 bits per heavy atom. The van der Waals surface area contributed by atoms with E-state index in [4.69, 9.17) is 11.6 Å². The van der Waals surface area contributed by atoms with E-state index in [2.05, 4.69) is 52.1 Å². The number of para-hydroxylation sites is 1. The van der Waals surface area contributed by atoms with Crippen LogP contribution in [0.1, 0.15) is 5.56 Å². The minimum absolute atomic E-state index is 0.536. The summed E-state index contributed by atoms with van der Waals surface area (Å²) < 4.78 is 1.06. The van der Waals surface area contributed by atoms with Gasteiger partial charge in [-0.3, -0.25) is 0 Å². The lowest BCUT2D eigenvalue weighted by atomic mass is 10.2. The molecule has 0 aromatic heterocycles. The number of benzene rings is 2. The van der Waals surface area contributed by atoms with Crippen LogP contribution in [0.15, 0.2) is 53.0 Å². The van der Waals surface area contributed by atoms with Crippen molar-refractivity contribution < 1.29 is 0 Å². The summed E-state index contributed by atoms with van der Waals surface area (Å²) in [4.78, 5) is 2.14. The van der Waals surface area contributed by atoms with E-state index in [-0.39, 0.29) is 0 Å². The van der Waals surface area contributed by atoms with E-state index in [0.29, 0.717) is 5.88 Å². The van der Waals surface area contributed by atoms with Crippen LogP contribution >= 0.6 is 27.5 Å². The molecule has 0 saturated heterocycles. The lowest BCUT2D eigenvalue weighted by molar-refractivity contribution is 1.19. The van der Waals surface area contributed by atoms with Crippen LogP contribution in [0, 0.1) is 0 Å². The van der Waals surface area contributed by atoms with Gasteiger partial charge in [0.2, 0.25) is 0 Å². The van der Waals surface area contributed by atoms with Crippen LogP contribution < -0.4 is 4.90 Å². The highest BCUT2D eigenvalue weighted by atomic mass is 79.9. The highest BCUT2D eigenvalue weighted by Crippen LogP contribution is 2.31. The molecule has 0 aliphatic rings. The van der Waals surface area contributed by atoms with Gasteiger partial charge >= 0.3 is 0 Å². The molecule has 2 aromatic carbocycles. The van der Waals surface area contributed by atoms with Gasteiger partial charge in [0, 0.05) is 23.1 Å². The topological polar surface area (TPSA) is 3.24 Å². The minimum atomic E-state index is 0.536. The molecule has 0 amide bonds. The number of hydrogen-bond acceptors (Lipinski definition) is 1. The van der Waals surface area contributed by atoms with E-state index < -0.39 is 0 Å². The Balaban J connectivity index is 2.34. The van der Waals surface area contributed by atoms with Gasteiger partial charge in [-0.05, 0) is 45.8 Å². The van der Waals surface area contributed by atoms with Crippen molar-refractivity contribution in [2.24, 2.45) is 0 Å². The quantitative estimate of drug-likeness (QED) is 0.725. The lowest BCUT2D eigenvalue weighted by Gasteiger charge is -2.21.